The van der Waals surface area contributed by atoms with Crippen LogP contribution in [0.25, 0.3) is 16.8 Å². The number of nitrogens with one attached hydrogen (secondary N) is 1. The Morgan fingerprint density at radius 1 is 1.23 bits per heavy atom. The fourth-order valence-corrected chi connectivity index (χ4v) is 3.72. The average molecular weight is 375 g/mol. The zero-order valence-corrected chi connectivity index (χ0v) is 14.8. The molecule has 9 heteroatoms. The molecule has 0 amide bonds. The second kappa shape index (κ2) is 7.56. The molecule has 0 aliphatic carbocycles. The second-order valence-electron chi connectivity index (χ2n) is 5.95. The molecule has 4 rings (SSSR count). The molecule has 0 bridgehead atoms. The number of H-pyrrole nitrogens is 1. The Kier molecular flexibility index (Phi) is 5.00. The largest absolute Gasteiger partial charge is 0.379 e. The molecule has 0 radical (unpaired) electrons. The summed E-state index contributed by atoms with van der Waals surface area (Å²) in [6.07, 6.45) is 1.58. The van der Waals surface area contributed by atoms with E-state index in [9.17, 15) is 9.18 Å². The molecule has 1 N–H and O–H groups in total. The lowest BCUT2D eigenvalue weighted by Crippen LogP contribution is -2.37. The van der Waals surface area contributed by atoms with Crippen molar-refractivity contribution in [2.45, 2.75) is 5.16 Å². The Morgan fingerprint density at radius 3 is 2.77 bits per heavy atom. The van der Waals surface area contributed by atoms with E-state index in [1.165, 1.54) is 28.4 Å². The van der Waals surface area contributed by atoms with Crippen LogP contribution in [0.5, 0.6) is 0 Å². The Balaban J connectivity index is 1.55. The quantitative estimate of drug-likeness (QED) is 0.684. The van der Waals surface area contributed by atoms with Gasteiger partial charge in [-0.25, -0.2) is 14.2 Å². The number of halogens is 1. The molecule has 2 aromatic heterocycles. The van der Waals surface area contributed by atoms with Crippen molar-refractivity contribution in [2.24, 2.45) is 0 Å². The minimum absolute atomic E-state index is 0.310. The number of aromatic nitrogens is 4. The molecule has 3 heterocycles. The third kappa shape index (κ3) is 3.64. The first-order valence-electron chi connectivity index (χ1n) is 8.37. The number of benzene rings is 1. The smallest absolute Gasteiger partial charge is 0.350 e. The van der Waals surface area contributed by atoms with Crippen molar-refractivity contribution >= 4 is 17.4 Å². The number of rotatable bonds is 5. The summed E-state index contributed by atoms with van der Waals surface area (Å²) >= 11 is 1.50. The first-order chi connectivity index (χ1) is 12.7. The summed E-state index contributed by atoms with van der Waals surface area (Å²) in [5.41, 5.74) is 1.60. The normalized spacial score (nSPS) is 15.6. The maximum atomic E-state index is 13.2. The van der Waals surface area contributed by atoms with Crippen LogP contribution >= 0.6 is 11.8 Å². The Morgan fingerprint density at radius 2 is 2.00 bits per heavy atom. The van der Waals surface area contributed by atoms with Crippen LogP contribution in [0.4, 0.5) is 4.39 Å². The first-order valence-corrected chi connectivity index (χ1v) is 9.36. The van der Waals surface area contributed by atoms with Crippen molar-refractivity contribution in [2.75, 3.05) is 38.6 Å². The number of thioether (sulfide) groups is 1. The summed E-state index contributed by atoms with van der Waals surface area (Å²) in [5, 5.41) is 4.65. The van der Waals surface area contributed by atoms with Gasteiger partial charge in [0.15, 0.2) is 10.8 Å². The standard InChI is InChI=1S/C17H18FN5O2S/c18-13-3-1-12(2-4-13)14-11-19-23-15(14)20-16(21-17(23)24)26-10-7-22-5-8-25-9-6-22/h1-4,11H,5-10H2,(H,20,21,24). The Bertz CT molecular complexity index is 950. The molecule has 0 unspecified atom stereocenters. The molecule has 26 heavy (non-hydrogen) atoms. The second-order valence-corrected chi connectivity index (χ2v) is 7.03. The summed E-state index contributed by atoms with van der Waals surface area (Å²) in [5.74, 6) is 0.509. The number of morpholine rings is 1. The molecule has 0 spiro atoms. The van der Waals surface area contributed by atoms with Gasteiger partial charge in [0.1, 0.15) is 5.82 Å². The van der Waals surface area contributed by atoms with Gasteiger partial charge in [0.2, 0.25) is 0 Å². The van der Waals surface area contributed by atoms with Crippen molar-refractivity contribution in [3.8, 4) is 11.1 Å². The summed E-state index contributed by atoms with van der Waals surface area (Å²) in [6, 6.07) is 6.06. The van der Waals surface area contributed by atoms with Crippen LogP contribution in [0.15, 0.2) is 40.4 Å². The molecule has 0 atom stereocenters. The van der Waals surface area contributed by atoms with E-state index in [0.717, 1.165) is 44.2 Å². The van der Waals surface area contributed by atoms with Gasteiger partial charge in [0, 0.05) is 31.0 Å². The van der Waals surface area contributed by atoms with E-state index < -0.39 is 0 Å². The highest BCUT2D eigenvalue weighted by atomic mass is 32.2. The molecular weight excluding hydrogens is 357 g/mol. The highest BCUT2D eigenvalue weighted by Crippen LogP contribution is 2.24. The van der Waals surface area contributed by atoms with E-state index in [4.69, 9.17) is 4.74 Å². The molecule has 1 saturated heterocycles. The molecule has 136 valence electrons. The third-order valence-electron chi connectivity index (χ3n) is 4.26. The predicted molar refractivity (Wildman–Crippen MR) is 97.0 cm³/mol. The number of ether oxygens (including phenoxy) is 1. The van der Waals surface area contributed by atoms with Crippen LogP contribution in [0.3, 0.4) is 0 Å². The van der Waals surface area contributed by atoms with Crippen LogP contribution < -0.4 is 5.69 Å². The third-order valence-corrected chi connectivity index (χ3v) is 5.12. The van der Waals surface area contributed by atoms with Gasteiger partial charge in [0.05, 0.1) is 19.4 Å². The highest BCUT2D eigenvalue weighted by Gasteiger charge is 2.14. The minimum Gasteiger partial charge on any atom is -0.379 e. The molecule has 1 fully saturated rings. The van der Waals surface area contributed by atoms with Gasteiger partial charge >= 0.3 is 5.69 Å². The van der Waals surface area contributed by atoms with Crippen molar-refractivity contribution in [1.29, 1.82) is 0 Å². The predicted octanol–water partition coefficient (Wildman–Crippen LogP) is 1.65. The van der Waals surface area contributed by atoms with Gasteiger partial charge in [-0.1, -0.05) is 23.9 Å². The van der Waals surface area contributed by atoms with Gasteiger partial charge in [-0.15, -0.1) is 0 Å². The molecule has 1 aromatic carbocycles. The topological polar surface area (TPSA) is 75.5 Å². The summed E-state index contributed by atoms with van der Waals surface area (Å²) in [7, 11) is 0. The molecule has 1 aliphatic heterocycles. The van der Waals surface area contributed by atoms with Crippen molar-refractivity contribution in [1.82, 2.24) is 24.5 Å². The number of nitrogens with zero attached hydrogens (tertiary/aromatic N) is 4. The van der Waals surface area contributed by atoms with Crippen LogP contribution in [0.1, 0.15) is 0 Å². The Hall–Kier alpha value is -2.23. The molecule has 7 nitrogen and oxygen atoms in total. The highest BCUT2D eigenvalue weighted by molar-refractivity contribution is 7.99. The molecule has 1 aliphatic rings. The van der Waals surface area contributed by atoms with E-state index in [-0.39, 0.29) is 11.5 Å². The van der Waals surface area contributed by atoms with Gasteiger partial charge in [-0.3, -0.25) is 9.88 Å². The average Bonchev–Trinajstić information content (AvgIpc) is 3.08. The fraction of sp³-hybridized carbons (Fsp3) is 0.353. The van der Waals surface area contributed by atoms with E-state index in [1.54, 1.807) is 18.3 Å². The number of hydrogen-bond acceptors (Lipinski definition) is 6. The van der Waals surface area contributed by atoms with E-state index in [1.807, 2.05) is 0 Å². The number of hydrogen-bond donors (Lipinski definition) is 1. The minimum atomic E-state index is -0.336. The van der Waals surface area contributed by atoms with Crippen LogP contribution in [-0.4, -0.2) is 63.1 Å². The molecular formula is C17H18FN5O2S. The molecule has 0 saturated carbocycles. The Labute approximate surface area is 153 Å². The fourth-order valence-electron chi connectivity index (χ4n) is 2.86. The van der Waals surface area contributed by atoms with Crippen molar-refractivity contribution in [3.63, 3.8) is 0 Å². The zero-order valence-electron chi connectivity index (χ0n) is 14.0. The van der Waals surface area contributed by atoms with E-state index in [0.29, 0.717) is 16.4 Å². The monoisotopic (exact) mass is 375 g/mol. The first kappa shape index (κ1) is 17.2. The van der Waals surface area contributed by atoms with Gasteiger partial charge in [0.25, 0.3) is 0 Å². The van der Waals surface area contributed by atoms with Crippen molar-refractivity contribution in [3.05, 3.63) is 46.8 Å². The number of fused-ring (bicyclic) bond motifs is 1. The molecule has 3 aromatic rings. The van der Waals surface area contributed by atoms with Crippen LogP contribution in [0.2, 0.25) is 0 Å². The lowest BCUT2D eigenvalue weighted by molar-refractivity contribution is 0.0410. The van der Waals surface area contributed by atoms with Crippen molar-refractivity contribution < 1.29 is 9.13 Å². The van der Waals surface area contributed by atoms with Gasteiger partial charge in [-0.2, -0.15) is 9.61 Å². The van der Waals surface area contributed by atoms with E-state index in [2.05, 4.69) is 20.0 Å². The maximum absolute atomic E-state index is 13.2. The van der Waals surface area contributed by atoms with Gasteiger partial charge < -0.3 is 4.74 Å². The lowest BCUT2D eigenvalue weighted by atomic mass is 10.1. The van der Waals surface area contributed by atoms with E-state index >= 15 is 0 Å². The van der Waals surface area contributed by atoms with Crippen LogP contribution in [-0.2, 0) is 4.74 Å². The lowest BCUT2D eigenvalue weighted by Gasteiger charge is -2.26. The summed E-state index contributed by atoms with van der Waals surface area (Å²) in [6.45, 7) is 4.31. The summed E-state index contributed by atoms with van der Waals surface area (Å²) in [4.78, 5) is 21.9. The van der Waals surface area contributed by atoms with Gasteiger partial charge in [-0.05, 0) is 17.7 Å². The summed E-state index contributed by atoms with van der Waals surface area (Å²) < 4.78 is 19.7. The van der Waals surface area contributed by atoms with Crippen LogP contribution in [0, 0.1) is 5.82 Å². The zero-order chi connectivity index (χ0) is 17.9. The number of aromatic amines is 1. The SMILES string of the molecule is O=c1[nH]c(SCCN2CCOCC2)nc2c(-c3ccc(F)cc3)cnn12. The maximum Gasteiger partial charge on any atom is 0.350 e.